The average molecular weight is 302 g/mol. The predicted octanol–water partition coefficient (Wildman–Crippen LogP) is 2.21. The maximum Gasteiger partial charge on any atom is 0.357 e. The fourth-order valence-electron chi connectivity index (χ4n) is 2.10. The van der Waals surface area contributed by atoms with Crippen LogP contribution >= 0.6 is 0 Å². The number of rotatable bonds is 5. The van der Waals surface area contributed by atoms with Crippen LogP contribution in [0, 0.1) is 0 Å². The summed E-state index contributed by atoms with van der Waals surface area (Å²) in [6.45, 7) is 3.42. The number of nitrogens with zero attached hydrogens (tertiary/aromatic N) is 2. The summed E-state index contributed by atoms with van der Waals surface area (Å²) in [5, 5.41) is 0. The highest BCUT2D eigenvalue weighted by Gasteiger charge is 2.23. The van der Waals surface area contributed by atoms with Crippen LogP contribution in [0.1, 0.15) is 35.9 Å². The van der Waals surface area contributed by atoms with Crippen LogP contribution in [0.2, 0.25) is 0 Å². The number of esters is 2. The van der Waals surface area contributed by atoms with Gasteiger partial charge >= 0.3 is 11.9 Å². The molecule has 6 nitrogen and oxygen atoms in total. The van der Waals surface area contributed by atoms with Gasteiger partial charge in [-0.25, -0.2) is 14.6 Å². The Kier molecular flexibility index (Phi) is 4.93. The number of hydrogen-bond acceptors (Lipinski definition) is 5. The van der Waals surface area contributed by atoms with Crippen molar-refractivity contribution in [2.75, 3.05) is 7.11 Å². The molecular formula is C16H18N2O4. The number of aromatic nitrogens is 2. The van der Waals surface area contributed by atoms with Crippen molar-refractivity contribution in [3.05, 3.63) is 54.1 Å². The number of ether oxygens (including phenoxy) is 2. The van der Waals surface area contributed by atoms with Gasteiger partial charge in [0.15, 0.2) is 6.10 Å². The molecule has 1 heterocycles. The zero-order valence-electron chi connectivity index (χ0n) is 12.7. The third-order valence-corrected chi connectivity index (χ3v) is 3.39. The van der Waals surface area contributed by atoms with E-state index in [1.165, 1.54) is 20.2 Å². The lowest BCUT2D eigenvalue weighted by molar-refractivity contribution is -0.149. The van der Waals surface area contributed by atoms with Crippen LogP contribution in [-0.4, -0.2) is 34.7 Å². The standard InChI is InChI=1S/C16H18N2O4/c1-11(13-7-5-4-6-8-13)18-10-17-9-14(18)16(20)22-12(2)15(19)21-3/h4-12H,1-3H3/t11-,12-/m1/s1. The fraction of sp³-hybridized carbons (Fsp3) is 0.312. The molecule has 2 aromatic rings. The molecule has 0 N–H and O–H groups in total. The third kappa shape index (κ3) is 3.33. The topological polar surface area (TPSA) is 70.4 Å². The summed E-state index contributed by atoms with van der Waals surface area (Å²) in [6, 6.07) is 9.64. The first kappa shape index (κ1) is 15.8. The van der Waals surface area contributed by atoms with Crippen molar-refractivity contribution in [1.29, 1.82) is 0 Å². The molecule has 0 saturated heterocycles. The van der Waals surface area contributed by atoms with E-state index in [9.17, 15) is 9.59 Å². The molecule has 0 aliphatic rings. The van der Waals surface area contributed by atoms with E-state index < -0.39 is 18.0 Å². The van der Waals surface area contributed by atoms with Gasteiger partial charge in [0, 0.05) is 0 Å². The maximum absolute atomic E-state index is 12.2. The summed E-state index contributed by atoms with van der Waals surface area (Å²) >= 11 is 0. The van der Waals surface area contributed by atoms with Crippen LogP contribution in [0.15, 0.2) is 42.9 Å². The minimum atomic E-state index is -0.965. The maximum atomic E-state index is 12.2. The zero-order valence-corrected chi connectivity index (χ0v) is 12.7. The molecule has 22 heavy (non-hydrogen) atoms. The monoisotopic (exact) mass is 302 g/mol. The van der Waals surface area contributed by atoms with Crippen molar-refractivity contribution in [3.8, 4) is 0 Å². The number of methoxy groups -OCH3 is 1. The van der Waals surface area contributed by atoms with E-state index in [4.69, 9.17) is 4.74 Å². The Bertz CT molecular complexity index is 651. The normalized spacial score (nSPS) is 13.2. The van der Waals surface area contributed by atoms with Crippen LogP contribution in [-0.2, 0) is 14.3 Å². The molecule has 0 fully saturated rings. The Morgan fingerprint density at radius 2 is 1.86 bits per heavy atom. The van der Waals surface area contributed by atoms with Gasteiger partial charge in [0.2, 0.25) is 0 Å². The third-order valence-electron chi connectivity index (χ3n) is 3.39. The summed E-state index contributed by atoms with van der Waals surface area (Å²) in [4.78, 5) is 27.5. The quantitative estimate of drug-likeness (QED) is 0.792. The highest BCUT2D eigenvalue weighted by molar-refractivity contribution is 5.89. The number of carbonyl (C=O) groups excluding carboxylic acids is 2. The van der Waals surface area contributed by atoms with Gasteiger partial charge in [0.05, 0.1) is 25.7 Å². The van der Waals surface area contributed by atoms with Gasteiger partial charge in [0.25, 0.3) is 0 Å². The van der Waals surface area contributed by atoms with E-state index in [0.717, 1.165) is 5.56 Å². The fourth-order valence-corrected chi connectivity index (χ4v) is 2.10. The number of carbonyl (C=O) groups is 2. The number of hydrogen-bond donors (Lipinski definition) is 0. The smallest absolute Gasteiger partial charge is 0.357 e. The molecule has 116 valence electrons. The molecule has 1 aromatic carbocycles. The van der Waals surface area contributed by atoms with Crippen LogP contribution in [0.5, 0.6) is 0 Å². The van der Waals surface area contributed by atoms with Gasteiger partial charge in [-0.1, -0.05) is 30.3 Å². The molecule has 0 spiro atoms. The van der Waals surface area contributed by atoms with Gasteiger partial charge < -0.3 is 14.0 Å². The molecule has 0 saturated carbocycles. The molecule has 2 atom stereocenters. The number of imidazole rings is 1. The van der Waals surface area contributed by atoms with E-state index in [1.807, 2.05) is 37.3 Å². The van der Waals surface area contributed by atoms with Crippen molar-refractivity contribution in [3.63, 3.8) is 0 Å². The predicted molar refractivity (Wildman–Crippen MR) is 79.4 cm³/mol. The molecule has 1 aromatic heterocycles. The Morgan fingerprint density at radius 1 is 1.18 bits per heavy atom. The lowest BCUT2D eigenvalue weighted by Gasteiger charge is -2.17. The summed E-state index contributed by atoms with van der Waals surface area (Å²) in [5.74, 6) is -1.21. The second-order valence-electron chi connectivity index (χ2n) is 4.84. The molecule has 0 amide bonds. The van der Waals surface area contributed by atoms with Gasteiger partial charge in [-0.2, -0.15) is 0 Å². The van der Waals surface area contributed by atoms with E-state index in [2.05, 4.69) is 9.72 Å². The van der Waals surface area contributed by atoms with Crippen LogP contribution < -0.4 is 0 Å². The highest BCUT2D eigenvalue weighted by atomic mass is 16.6. The summed E-state index contributed by atoms with van der Waals surface area (Å²) < 4.78 is 11.3. The largest absolute Gasteiger partial charge is 0.466 e. The van der Waals surface area contributed by atoms with Crippen molar-refractivity contribution in [2.24, 2.45) is 0 Å². The highest BCUT2D eigenvalue weighted by Crippen LogP contribution is 2.20. The molecular weight excluding hydrogens is 284 g/mol. The van der Waals surface area contributed by atoms with E-state index in [1.54, 1.807) is 10.9 Å². The van der Waals surface area contributed by atoms with Gasteiger partial charge in [-0.3, -0.25) is 0 Å². The molecule has 0 unspecified atom stereocenters. The second-order valence-corrected chi connectivity index (χ2v) is 4.84. The van der Waals surface area contributed by atoms with Crippen LogP contribution in [0.4, 0.5) is 0 Å². The lowest BCUT2D eigenvalue weighted by Crippen LogP contribution is -2.26. The van der Waals surface area contributed by atoms with Crippen molar-refractivity contribution in [2.45, 2.75) is 26.0 Å². The Morgan fingerprint density at radius 3 is 2.50 bits per heavy atom. The van der Waals surface area contributed by atoms with Crippen LogP contribution in [0.3, 0.4) is 0 Å². The van der Waals surface area contributed by atoms with E-state index in [0.29, 0.717) is 0 Å². The minimum Gasteiger partial charge on any atom is -0.466 e. The van der Waals surface area contributed by atoms with Gasteiger partial charge in [-0.05, 0) is 19.4 Å². The SMILES string of the molecule is COC(=O)[C@@H](C)OC(=O)c1cncn1[C@H](C)c1ccccc1. The van der Waals surface area contributed by atoms with Crippen molar-refractivity contribution < 1.29 is 19.1 Å². The Balaban J connectivity index is 2.19. The molecule has 2 rings (SSSR count). The first-order valence-electron chi connectivity index (χ1n) is 6.90. The summed E-state index contributed by atoms with van der Waals surface area (Å²) in [7, 11) is 1.24. The van der Waals surface area contributed by atoms with Gasteiger partial charge in [-0.15, -0.1) is 0 Å². The Hall–Kier alpha value is -2.63. The summed E-state index contributed by atoms with van der Waals surface area (Å²) in [6.07, 6.45) is 2.02. The van der Waals surface area contributed by atoms with Crippen molar-refractivity contribution >= 4 is 11.9 Å². The zero-order chi connectivity index (χ0) is 16.1. The Labute approximate surface area is 128 Å². The molecule has 0 radical (unpaired) electrons. The average Bonchev–Trinajstić information content (AvgIpc) is 3.03. The van der Waals surface area contributed by atoms with E-state index >= 15 is 0 Å². The molecule has 0 aliphatic carbocycles. The van der Waals surface area contributed by atoms with Crippen molar-refractivity contribution in [1.82, 2.24) is 9.55 Å². The first-order chi connectivity index (χ1) is 10.5. The number of benzene rings is 1. The van der Waals surface area contributed by atoms with Gasteiger partial charge in [0.1, 0.15) is 5.69 Å². The van der Waals surface area contributed by atoms with E-state index in [-0.39, 0.29) is 11.7 Å². The minimum absolute atomic E-state index is 0.0836. The first-order valence-corrected chi connectivity index (χ1v) is 6.90. The molecule has 0 bridgehead atoms. The molecule has 0 aliphatic heterocycles. The lowest BCUT2D eigenvalue weighted by atomic mass is 10.1. The van der Waals surface area contributed by atoms with Crippen LogP contribution in [0.25, 0.3) is 0 Å². The summed E-state index contributed by atoms with van der Waals surface area (Å²) in [5.41, 5.74) is 1.32. The molecule has 6 heteroatoms. The second kappa shape index (κ2) is 6.89.